The summed E-state index contributed by atoms with van der Waals surface area (Å²) in [5, 5.41) is 7.42. The van der Waals surface area contributed by atoms with E-state index in [1.807, 2.05) is 11.6 Å². The van der Waals surface area contributed by atoms with E-state index in [1.54, 1.807) is 0 Å². The minimum Gasteiger partial charge on any atom is -0.307 e. The topological polar surface area (TPSA) is 33.6 Å². The average molecular weight is 259 g/mol. The van der Waals surface area contributed by atoms with Crippen molar-refractivity contribution in [3.05, 3.63) is 46.5 Å². The van der Waals surface area contributed by atoms with Crippen molar-refractivity contribution in [1.82, 2.24) is 14.8 Å². The Kier molecular flexibility index (Phi) is 2.82. The Labute approximate surface area is 112 Å². The highest BCUT2D eigenvalue weighted by Gasteiger charge is 2.40. The third kappa shape index (κ3) is 1.63. The lowest BCUT2D eigenvalue weighted by atomic mass is 9.78. The van der Waals surface area contributed by atoms with Gasteiger partial charge in [0.15, 0.2) is 4.77 Å². The Morgan fingerprint density at radius 3 is 2.44 bits per heavy atom. The molecular formula is C14H17N3S. The first kappa shape index (κ1) is 11.7. The van der Waals surface area contributed by atoms with E-state index in [4.69, 9.17) is 12.2 Å². The lowest BCUT2D eigenvalue weighted by Crippen LogP contribution is -2.27. The van der Waals surface area contributed by atoms with Crippen molar-refractivity contribution in [3.63, 3.8) is 0 Å². The van der Waals surface area contributed by atoms with Crippen LogP contribution in [0.2, 0.25) is 0 Å². The van der Waals surface area contributed by atoms with Crippen molar-refractivity contribution >= 4 is 12.2 Å². The predicted octanol–water partition coefficient (Wildman–Crippen LogP) is 3.34. The molecule has 0 radical (unpaired) electrons. The van der Waals surface area contributed by atoms with E-state index in [0.29, 0.717) is 4.77 Å². The normalized spacial score (nSPS) is 18.1. The highest BCUT2D eigenvalue weighted by Crippen LogP contribution is 2.45. The van der Waals surface area contributed by atoms with Gasteiger partial charge < -0.3 is 4.57 Å². The molecule has 4 heteroatoms. The fourth-order valence-electron chi connectivity index (χ4n) is 3.15. The molecule has 1 fully saturated rings. The zero-order valence-electron chi connectivity index (χ0n) is 10.5. The van der Waals surface area contributed by atoms with Crippen molar-refractivity contribution in [2.24, 2.45) is 7.05 Å². The summed E-state index contributed by atoms with van der Waals surface area (Å²) in [4.78, 5) is 0. The molecule has 1 N–H and O–H groups in total. The van der Waals surface area contributed by atoms with Crippen molar-refractivity contribution in [2.45, 2.75) is 31.1 Å². The Balaban J connectivity index is 2.19. The number of aromatic nitrogens is 3. The van der Waals surface area contributed by atoms with Gasteiger partial charge in [0.25, 0.3) is 0 Å². The molecule has 18 heavy (non-hydrogen) atoms. The average Bonchev–Trinajstić information content (AvgIpc) is 3.01. The van der Waals surface area contributed by atoms with Crippen molar-refractivity contribution in [1.29, 1.82) is 0 Å². The van der Waals surface area contributed by atoms with Gasteiger partial charge in [-0.1, -0.05) is 43.2 Å². The summed E-state index contributed by atoms with van der Waals surface area (Å²) >= 11 is 5.25. The van der Waals surface area contributed by atoms with Gasteiger partial charge in [-0.15, -0.1) is 0 Å². The molecule has 0 saturated heterocycles. The van der Waals surface area contributed by atoms with Gasteiger partial charge in [0, 0.05) is 7.05 Å². The van der Waals surface area contributed by atoms with Crippen LogP contribution >= 0.6 is 12.2 Å². The van der Waals surface area contributed by atoms with Gasteiger partial charge in [-0.2, -0.15) is 5.10 Å². The number of nitrogens with one attached hydrogen (secondary N) is 1. The summed E-state index contributed by atoms with van der Waals surface area (Å²) in [6, 6.07) is 10.7. The molecule has 0 unspecified atom stereocenters. The van der Waals surface area contributed by atoms with E-state index in [9.17, 15) is 0 Å². The maximum Gasteiger partial charge on any atom is 0.194 e. The minimum absolute atomic E-state index is 0.0452. The third-order valence-corrected chi connectivity index (χ3v) is 4.46. The Morgan fingerprint density at radius 1 is 1.22 bits per heavy atom. The fraction of sp³-hybridized carbons (Fsp3) is 0.429. The molecule has 1 aromatic carbocycles. The van der Waals surface area contributed by atoms with E-state index in [1.165, 1.54) is 18.4 Å². The fourth-order valence-corrected chi connectivity index (χ4v) is 3.28. The largest absolute Gasteiger partial charge is 0.307 e. The van der Waals surface area contributed by atoms with E-state index in [2.05, 4.69) is 40.5 Å². The highest BCUT2D eigenvalue weighted by atomic mass is 32.1. The first-order valence-corrected chi connectivity index (χ1v) is 6.82. The van der Waals surface area contributed by atoms with Crippen LogP contribution in [0, 0.1) is 4.77 Å². The SMILES string of the molecule is Cn1c(C2(c3ccccc3)CCCC2)n[nH]c1=S. The van der Waals surface area contributed by atoms with Gasteiger partial charge in [0.1, 0.15) is 5.82 Å². The summed E-state index contributed by atoms with van der Waals surface area (Å²) in [5.41, 5.74) is 1.41. The number of aromatic amines is 1. The summed E-state index contributed by atoms with van der Waals surface area (Å²) < 4.78 is 2.72. The quantitative estimate of drug-likeness (QED) is 0.839. The summed E-state index contributed by atoms with van der Waals surface area (Å²) in [6.45, 7) is 0. The molecule has 1 saturated carbocycles. The third-order valence-electron chi connectivity index (χ3n) is 4.09. The molecule has 1 heterocycles. The van der Waals surface area contributed by atoms with Gasteiger partial charge >= 0.3 is 0 Å². The van der Waals surface area contributed by atoms with Crippen LogP contribution in [0.5, 0.6) is 0 Å². The molecular weight excluding hydrogens is 242 g/mol. The molecule has 3 nitrogen and oxygen atoms in total. The van der Waals surface area contributed by atoms with Crippen LogP contribution in [0.4, 0.5) is 0 Å². The summed E-state index contributed by atoms with van der Waals surface area (Å²) in [7, 11) is 2.00. The number of hydrogen-bond donors (Lipinski definition) is 1. The standard InChI is InChI=1S/C14H17N3S/c1-17-12(15-16-13(17)18)14(9-5-6-10-14)11-7-3-2-4-8-11/h2-4,7-8H,5-6,9-10H2,1H3,(H,16,18). The van der Waals surface area contributed by atoms with Gasteiger partial charge in [0.05, 0.1) is 5.41 Å². The molecule has 0 spiro atoms. The van der Waals surface area contributed by atoms with Crippen LogP contribution in [0.3, 0.4) is 0 Å². The van der Waals surface area contributed by atoms with Gasteiger partial charge in [-0.3, -0.25) is 5.10 Å². The second kappa shape index (κ2) is 4.35. The number of hydrogen-bond acceptors (Lipinski definition) is 2. The summed E-state index contributed by atoms with van der Waals surface area (Å²) in [6.07, 6.45) is 4.83. The van der Waals surface area contributed by atoms with Crippen molar-refractivity contribution < 1.29 is 0 Å². The molecule has 1 aromatic heterocycles. The van der Waals surface area contributed by atoms with Crippen LogP contribution in [-0.2, 0) is 12.5 Å². The zero-order chi connectivity index (χ0) is 12.6. The van der Waals surface area contributed by atoms with Crippen LogP contribution in [-0.4, -0.2) is 14.8 Å². The number of rotatable bonds is 2. The first-order chi connectivity index (χ1) is 8.74. The second-order valence-electron chi connectivity index (χ2n) is 5.07. The Bertz CT molecular complexity index is 591. The van der Waals surface area contributed by atoms with Gasteiger partial charge in [-0.05, 0) is 30.6 Å². The minimum atomic E-state index is 0.0452. The molecule has 0 amide bonds. The smallest absolute Gasteiger partial charge is 0.194 e. The van der Waals surface area contributed by atoms with Gasteiger partial charge in [-0.25, -0.2) is 0 Å². The number of nitrogens with zero attached hydrogens (tertiary/aromatic N) is 2. The van der Waals surface area contributed by atoms with Crippen LogP contribution in [0.25, 0.3) is 0 Å². The maximum absolute atomic E-state index is 5.25. The molecule has 2 aromatic rings. The van der Waals surface area contributed by atoms with Gasteiger partial charge in [0.2, 0.25) is 0 Å². The maximum atomic E-state index is 5.25. The summed E-state index contributed by atoms with van der Waals surface area (Å²) in [5.74, 6) is 1.08. The van der Waals surface area contributed by atoms with Crippen LogP contribution < -0.4 is 0 Å². The second-order valence-corrected chi connectivity index (χ2v) is 5.45. The Morgan fingerprint density at radius 2 is 1.89 bits per heavy atom. The predicted molar refractivity (Wildman–Crippen MR) is 74.1 cm³/mol. The molecule has 1 aliphatic carbocycles. The van der Waals surface area contributed by atoms with E-state index in [-0.39, 0.29) is 5.41 Å². The van der Waals surface area contributed by atoms with E-state index >= 15 is 0 Å². The lowest BCUT2D eigenvalue weighted by molar-refractivity contribution is 0.479. The molecule has 0 atom stereocenters. The molecule has 0 bridgehead atoms. The number of benzene rings is 1. The highest BCUT2D eigenvalue weighted by molar-refractivity contribution is 7.71. The molecule has 0 aliphatic heterocycles. The molecule has 3 rings (SSSR count). The van der Waals surface area contributed by atoms with Crippen molar-refractivity contribution in [3.8, 4) is 0 Å². The monoisotopic (exact) mass is 259 g/mol. The van der Waals surface area contributed by atoms with Crippen LogP contribution in [0.15, 0.2) is 30.3 Å². The molecule has 94 valence electrons. The molecule has 1 aliphatic rings. The van der Waals surface area contributed by atoms with E-state index in [0.717, 1.165) is 18.7 Å². The Hall–Kier alpha value is -1.42. The van der Waals surface area contributed by atoms with Crippen molar-refractivity contribution in [2.75, 3.05) is 0 Å². The lowest BCUT2D eigenvalue weighted by Gasteiger charge is -2.28. The van der Waals surface area contributed by atoms with Crippen LogP contribution in [0.1, 0.15) is 37.1 Å². The number of H-pyrrole nitrogens is 1. The zero-order valence-corrected chi connectivity index (χ0v) is 11.3. The van der Waals surface area contributed by atoms with E-state index < -0.39 is 0 Å². The first-order valence-electron chi connectivity index (χ1n) is 6.41.